The van der Waals surface area contributed by atoms with Gasteiger partial charge in [-0.15, -0.1) is 0 Å². The van der Waals surface area contributed by atoms with Crippen molar-refractivity contribution in [2.24, 2.45) is 0 Å². The summed E-state index contributed by atoms with van der Waals surface area (Å²) in [4.78, 5) is 22.9. The first kappa shape index (κ1) is 20.5. The van der Waals surface area contributed by atoms with Crippen molar-refractivity contribution in [1.82, 2.24) is 0 Å². The maximum Gasteiger partial charge on any atom is 0.271 e. The number of hydrogen-bond acceptors (Lipinski definition) is 7. The molecule has 2 aromatic carbocycles. The van der Waals surface area contributed by atoms with Crippen molar-refractivity contribution < 1.29 is 23.9 Å². The molecule has 0 aliphatic rings. The molecular formula is C19H19N3O6. The zero-order chi connectivity index (χ0) is 20.7. The van der Waals surface area contributed by atoms with Crippen LogP contribution in [0.3, 0.4) is 0 Å². The van der Waals surface area contributed by atoms with E-state index < -0.39 is 16.9 Å². The number of methoxy groups -OCH3 is 1. The number of ether oxygens (including phenoxy) is 3. The average molecular weight is 385 g/mol. The Balaban J connectivity index is 2.19. The second-order valence-electron chi connectivity index (χ2n) is 5.60. The van der Waals surface area contributed by atoms with Crippen LogP contribution in [0.5, 0.6) is 17.2 Å². The molecule has 0 spiro atoms. The molecule has 0 heterocycles. The summed E-state index contributed by atoms with van der Waals surface area (Å²) in [5.74, 6) is 0.383. The summed E-state index contributed by atoms with van der Waals surface area (Å²) in [6.45, 7) is 3.66. The van der Waals surface area contributed by atoms with Crippen molar-refractivity contribution in [2.45, 2.75) is 20.0 Å². The van der Waals surface area contributed by atoms with Crippen molar-refractivity contribution in [1.29, 1.82) is 5.26 Å². The first-order valence-corrected chi connectivity index (χ1v) is 8.36. The van der Waals surface area contributed by atoms with Gasteiger partial charge in [0.25, 0.3) is 11.6 Å². The number of nitrogens with one attached hydrogen (secondary N) is 1. The number of nitro groups is 1. The zero-order valence-electron chi connectivity index (χ0n) is 15.6. The third kappa shape index (κ3) is 4.88. The highest BCUT2D eigenvalue weighted by molar-refractivity contribution is 5.95. The van der Waals surface area contributed by atoms with E-state index in [2.05, 4.69) is 5.32 Å². The van der Waals surface area contributed by atoms with Crippen LogP contribution in [0, 0.1) is 21.4 Å². The van der Waals surface area contributed by atoms with Crippen molar-refractivity contribution in [3.05, 3.63) is 52.1 Å². The molecule has 2 rings (SSSR count). The van der Waals surface area contributed by atoms with Crippen LogP contribution in [0.25, 0.3) is 0 Å². The highest BCUT2D eigenvalue weighted by atomic mass is 16.6. The fourth-order valence-electron chi connectivity index (χ4n) is 2.33. The van der Waals surface area contributed by atoms with Gasteiger partial charge in [-0.05, 0) is 32.0 Å². The predicted octanol–water partition coefficient (Wildman–Crippen LogP) is 3.28. The van der Waals surface area contributed by atoms with E-state index in [9.17, 15) is 14.9 Å². The lowest BCUT2D eigenvalue weighted by Crippen LogP contribution is -2.30. The number of carbonyl (C=O) groups is 1. The zero-order valence-corrected chi connectivity index (χ0v) is 15.6. The largest absolute Gasteiger partial charge is 0.495 e. The molecule has 0 saturated heterocycles. The first-order chi connectivity index (χ1) is 13.4. The van der Waals surface area contributed by atoms with E-state index in [1.54, 1.807) is 19.1 Å². The molecule has 1 amide bonds. The van der Waals surface area contributed by atoms with Gasteiger partial charge in [0.1, 0.15) is 5.75 Å². The average Bonchev–Trinajstić information content (AvgIpc) is 2.69. The number of amides is 1. The summed E-state index contributed by atoms with van der Waals surface area (Å²) in [6, 6.07) is 10.5. The van der Waals surface area contributed by atoms with Crippen LogP contribution in [0.2, 0.25) is 0 Å². The van der Waals surface area contributed by atoms with Crippen molar-refractivity contribution in [3.63, 3.8) is 0 Å². The van der Waals surface area contributed by atoms with Crippen LogP contribution in [0.4, 0.5) is 11.4 Å². The standard InChI is InChI=1S/C19H19N3O6/c1-4-27-18-9-13(11-20)5-7-17(18)28-12(2)19(23)21-15-10-14(22(24)25)6-8-16(15)26-3/h5-10,12H,4H2,1-3H3,(H,21,23)/t12-/m0/s1. The molecule has 0 aliphatic heterocycles. The van der Waals surface area contributed by atoms with E-state index in [1.807, 2.05) is 6.07 Å². The topological polar surface area (TPSA) is 124 Å². The quantitative estimate of drug-likeness (QED) is 0.546. The molecule has 1 atom stereocenters. The molecule has 2 aromatic rings. The molecule has 0 aliphatic carbocycles. The summed E-state index contributed by atoms with van der Waals surface area (Å²) in [6.07, 6.45) is -0.948. The molecule has 0 bridgehead atoms. The van der Waals surface area contributed by atoms with Gasteiger partial charge < -0.3 is 19.5 Å². The number of nitro benzene ring substituents is 1. The van der Waals surface area contributed by atoms with Gasteiger partial charge in [-0.2, -0.15) is 5.26 Å². The minimum Gasteiger partial charge on any atom is -0.495 e. The SMILES string of the molecule is CCOc1cc(C#N)ccc1O[C@@H](C)C(=O)Nc1cc([N+](=O)[O-])ccc1OC. The number of nitriles is 1. The molecule has 0 unspecified atom stereocenters. The van der Waals surface area contributed by atoms with Gasteiger partial charge in [-0.3, -0.25) is 14.9 Å². The molecule has 0 saturated carbocycles. The van der Waals surface area contributed by atoms with Gasteiger partial charge in [-0.25, -0.2) is 0 Å². The van der Waals surface area contributed by atoms with E-state index >= 15 is 0 Å². The first-order valence-electron chi connectivity index (χ1n) is 8.36. The molecule has 146 valence electrons. The number of anilines is 1. The monoisotopic (exact) mass is 385 g/mol. The second-order valence-corrected chi connectivity index (χ2v) is 5.60. The number of non-ortho nitro benzene ring substituents is 1. The Hall–Kier alpha value is -3.80. The summed E-state index contributed by atoms with van der Waals surface area (Å²) in [7, 11) is 1.39. The second kappa shape index (κ2) is 9.23. The fraction of sp³-hybridized carbons (Fsp3) is 0.263. The molecule has 0 fully saturated rings. The maximum atomic E-state index is 12.5. The predicted molar refractivity (Wildman–Crippen MR) is 101 cm³/mol. The Labute approximate surface area is 161 Å². The van der Waals surface area contributed by atoms with Gasteiger partial charge in [-0.1, -0.05) is 0 Å². The molecule has 0 radical (unpaired) electrons. The maximum absolute atomic E-state index is 12.5. The summed E-state index contributed by atoms with van der Waals surface area (Å²) < 4.78 is 16.2. The Morgan fingerprint density at radius 3 is 2.57 bits per heavy atom. The summed E-state index contributed by atoms with van der Waals surface area (Å²) in [5.41, 5.74) is 0.367. The van der Waals surface area contributed by atoms with Crippen molar-refractivity contribution in [3.8, 4) is 23.3 Å². The minimum atomic E-state index is -0.948. The number of rotatable bonds is 8. The van der Waals surface area contributed by atoms with Crippen molar-refractivity contribution in [2.75, 3.05) is 19.0 Å². The van der Waals surface area contributed by atoms with Crippen molar-refractivity contribution >= 4 is 17.3 Å². The normalized spacial score (nSPS) is 11.1. The van der Waals surface area contributed by atoms with Crippen LogP contribution in [-0.4, -0.2) is 30.7 Å². The minimum absolute atomic E-state index is 0.155. The summed E-state index contributed by atoms with van der Waals surface area (Å²) >= 11 is 0. The fourth-order valence-corrected chi connectivity index (χ4v) is 2.33. The van der Waals surface area contributed by atoms with E-state index in [1.165, 1.54) is 38.3 Å². The van der Waals surface area contributed by atoms with Crippen LogP contribution >= 0.6 is 0 Å². The van der Waals surface area contributed by atoms with E-state index in [-0.39, 0.29) is 17.1 Å². The molecular weight excluding hydrogens is 366 g/mol. The number of nitrogens with zero attached hydrogens (tertiary/aromatic N) is 2. The highest BCUT2D eigenvalue weighted by Gasteiger charge is 2.20. The third-order valence-corrected chi connectivity index (χ3v) is 3.70. The molecule has 0 aromatic heterocycles. The lowest BCUT2D eigenvalue weighted by molar-refractivity contribution is -0.384. The van der Waals surface area contributed by atoms with Crippen LogP contribution in [0.1, 0.15) is 19.4 Å². The number of hydrogen-bond donors (Lipinski definition) is 1. The number of carbonyl (C=O) groups excluding carboxylic acids is 1. The lowest BCUT2D eigenvalue weighted by atomic mass is 10.2. The van der Waals surface area contributed by atoms with Crippen LogP contribution in [-0.2, 0) is 4.79 Å². The van der Waals surface area contributed by atoms with E-state index in [4.69, 9.17) is 19.5 Å². The highest BCUT2D eigenvalue weighted by Crippen LogP contribution is 2.31. The molecule has 9 nitrogen and oxygen atoms in total. The van der Waals surface area contributed by atoms with Gasteiger partial charge >= 0.3 is 0 Å². The molecule has 28 heavy (non-hydrogen) atoms. The Morgan fingerprint density at radius 2 is 1.96 bits per heavy atom. The Morgan fingerprint density at radius 1 is 1.25 bits per heavy atom. The van der Waals surface area contributed by atoms with Crippen LogP contribution < -0.4 is 19.5 Å². The third-order valence-electron chi connectivity index (χ3n) is 3.70. The smallest absolute Gasteiger partial charge is 0.271 e. The van der Waals surface area contributed by atoms with Crippen LogP contribution in [0.15, 0.2) is 36.4 Å². The van der Waals surface area contributed by atoms with E-state index in [0.717, 1.165) is 0 Å². The Bertz CT molecular complexity index is 922. The lowest BCUT2D eigenvalue weighted by Gasteiger charge is -2.18. The van der Waals surface area contributed by atoms with Gasteiger partial charge in [0, 0.05) is 18.2 Å². The molecule has 1 N–H and O–H groups in total. The number of benzene rings is 2. The van der Waals surface area contributed by atoms with E-state index in [0.29, 0.717) is 23.7 Å². The van der Waals surface area contributed by atoms with Gasteiger partial charge in [0.05, 0.1) is 36.0 Å². The van der Waals surface area contributed by atoms with Gasteiger partial charge in [0.2, 0.25) is 0 Å². The summed E-state index contributed by atoms with van der Waals surface area (Å²) in [5, 5.41) is 22.5. The van der Waals surface area contributed by atoms with Gasteiger partial charge in [0.15, 0.2) is 17.6 Å². The molecule has 9 heteroatoms. The Kier molecular flexibility index (Phi) is 6.76.